The van der Waals surface area contributed by atoms with Crippen molar-refractivity contribution in [2.24, 2.45) is 5.73 Å². The van der Waals surface area contributed by atoms with Crippen LogP contribution in [0.5, 0.6) is 11.5 Å². The number of ether oxygens (including phenoxy) is 2. The fourth-order valence-corrected chi connectivity index (χ4v) is 4.11. The topological polar surface area (TPSA) is 97.1 Å². The number of nitrogens with one attached hydrogen (secondary N) is 1. The van der Waals surface area contributed by atoms with Gasteiger partial charge in [0.25, 0.3) is 5.91 Å². The summed E-state index contributed by atoms with van der Waals surface area (Å²) in [6, 6.07) is 6.84. The zero-order chi connectivity index (χ0) is 25.6. The van der Waals surface area contributed by atoms with Crippen molar-refractivity contribution in [3.63, 3.8) is 0 Å². The van der Waals surface area contributed by atoms with Crippen LogP contribution >= 0.6 is 0 Å². The van der Waals surface area contributed by atoms with E-state index in [0.29, 0.717) is 31.6 Å². The maximum atomic E-state index is 13.5. The number of nitrogens with zero attached hydrogens (tertiary/aromatic N) is 1. The number of nitrogens with two attached hydrogens (primary N) is 1. The summed E-state index contributed by atoms with van der Waals surface area (Å²) in [5.74, 6) is -1.48. The molecule has 0 saturated carbocycles. The average Bonchev–Trinajstić information content (AvgIpc) is 3.17. The average molecular weight is 500 g/mol. The van der Waals surface area contributed by atoms with Gasteiger partial charge in [-0.15, -0.1) is 0 Å². The molecule has 0 fully saturated rings. The van der Waals surface area contributed by atoms with Crippen LogP contribution in [-0.4, -0.2) is 62.7 Å². The van der Waals surface area contributed by atoms with Crippen LogP contribution in [0.15, 0.2) is 30.3 Å². The maximum absolute atomic E-state index is 13.5. The number of β-amino-alcohol motifs (C(OH)–C–C–N with tert-alkyl or cyclic N) is 1. The molecule has 0 aromatic heterocycles. The Kier molecular flexibility index (Phi) is 8.79. The highest BCUT2D eigenvalue weighted by molar-refractivity contribution is 6.00. The molecule has 0 aliphatic carbocycles. The van der Waals surface area contributed by atoms with Gasteiger partial charge < -0.3 is 30.5 Å². The molecule has 192 valence electrons. The first kappa shape index (κ1) is 26.6. The number of fused-ring (bicyclic) bond motifs is 1. The van der Waals surface area contributed by atoms with E-state index < -0.39 is 24.5 Å². The van der Waals surface area contributed by atoms with Crippen molar-refractivity contribution in [1.29, 1.82) is 0 Å². The highest BCUT2D eigenvalue weighted by Crippen LogP contribution is 2.33. The number of aliphatic hydroxyl groups excluding tert-OH is 1. The standard InChI is InChI=1S/C24H29F4N3O4/c1-15(10-16-11-17-4-6-31(7-8-32)22(17)19(12-16)23(29)33)30-5-9-34-21-13-18(25)2-3-20(21)35-14-24(26,27)28/h2-3,11-13,15,30,32H,4-10,14H2,1H3,(H2,29,33)/t15-/m1/s1. The van der Waals surface area contributed by atoms with E-state index in [4.69, 9.17) is 15.2 Å². The number of hydrogen-bond donors (Lipinski definition) is 3. The Bertz CT molecular complexity index is 1030. The van der Waals surface area contributed by atoms with Crippen LogP contribution in [0.3, 0.4) is 0 Å². The van der Waals surface area contributed by atoms with Crippen LogP contribution in [0.1, 0.15) is 28.4 Å². The molecule has 0 spiro atoms. The maximum Gasteiger partial charge on any atom is 0.422 e. The largest absolute Gasteiger partial charge is 0.488 e. The number of primary amides is 1. The SMILES string of the molecule is C[C@H](Cc1cc2c(c(C(N)=O)c1)N(CCO)CC2)NCCOc1cc(F)ccc1OCC(F)(F)F. The molecule has 2 aromatic carbocycles. The molecule has 11 heteroatoms. The fraction of sp³-hybridized carbons (Fsp3) is 0.458. The van der Waals surface area contributed by atoms with E-state index in [2.05, 4.69) is 5.32 Å². The number of halogens is 4. The van der Waals surface area contributed by atoms with Crippen LogP contribution in [0.25, 0.3) is 0 Å². The number of hydrogen-bond acceptors (Lipinski definition) is 6. The van der Waals surface area contributed by atoms with Crippen molar-refractivity contribution in [1.82, 2.24) is 5.32 Å². The Hall–Kier alpha value is -3.05. The number of alkyl halides is 3. The third-order valence-electron chi connectivity index (χ3n) is 5.54. The lowest BCUT2D eigenvalue weighted by atomic mass is 9.98. The number of rotatable bonds is 12. The Morgan fingerprint density at radius 2 is 2.00 bits per heavy atom. The van der Waals surface area contributed by atoms with Gasteiger partial charge in [-0.25, -0.2) is 4.39 Å². The highest BCUT2D eigenvalue weighted by Gasteiger charge is 2.29. The minimum Gasteiger partial charge on any atom is -0.488 e. The Morgan fingerprint density at radius 1 is 1.23 bits per heavy atom. The summed E-state index contributed by atoms with van der Waals surface area (Å²) in [6.07, 6.45) is -3.18. The quantitative estimate of drug-likeness (QED) is 0.307. The van der Waals surface area contributed by atoms with E-state index in [1.807, 2.05) is 17.9 Å². The summed E-state index contributed by atoms with van der Waals surface area (Å²) in [5, 5.41) is 12.5. The van der Waals surface area contributed by atoms with Crippen molar-refractivity contribution < 1.29 is 36.9 Å². The molecule has 1 heterocycles. The third kappa shape index (κ3) is 7.46. The van der Waals surface area contributed by atoms with E-state index in [1.165, 1.54) is 0 Å². The summed E-state index contributed by atoms with van der Waals surface area (Å²) in [7, 11) is 0. The van der Waals surface area contributed by atoms with Gasteiger partial charge in [-0.3, -0.25) is 4.79 Å². The molecular weight excluding hydrogens is 470 g/mol. The summed E-state index contributed by atoms with van der Waals surface area (Å²) < 4.78 is 61.0. The second-order valence-electron chi connectivity index (χ2n) is 8.38. The lowest BCUT2D eigenvalue weighted by Gasteiger charge is -2.21. The second kappa shape index (κ2) is 11.6. The van der Waals surface area contributed by atoms with Gasteiger partial charge in [0.15, 0.2) is 18.1 Å². The van der Waals surface area contributed by atoms with Crippen LogP contribution in [0, 0.1) is 5.82 Å². The van der Waals surface area contributed by atoms with Crippen LogP contribution < -0.4 is 25.4 Å². The lowest BCUT2D eigenvalue weighted by Crippen LogP contribution is -2.32. The zero-order valence-corrected chi connectivity index (χ0v) is 19.3. The van der Waals surface area contributed by atoms with Gasteiger partial charge in [0, 0.05) is 31.7 Å². The van der Waals surface area contributed by atoms with E-state index in [-0.39, 0.29) is 30.8 Å². The number of benzene rings is 2. The molecule has 0 unspecified atom stereocenters. The number of amides is 1. The van der Waals surface area contributed by atoms with Crippen molar-refractivity contribution in [3.8, 4) is 11.5 Å². The van der Waals surface area contributed by atoms with Crippen molar-refractivity contribution in [3.05, 3.63) is 52.8 Å². The molecular formula is C24H29F4N3O4. The summed E-state index contributed by atoms with van der Waals surface area (Å²) in [4.78, 5) is 14.0. The molecule has 1 amide bonds. The normalized spacial score (nSPS) is 14.1. The second-order valence-corrected chi connectivity index (χ2v) is 8.38. The molecule has 0 saturated heterocycles. The van der Waals surface area contributed by atoms with Crippen LogP contribution in [0.4, 0.5) is 23.2 Å². The van der Waals surface area contributed by atoms with Gasteiger partial charge in [-0.1, -0.05) is 6.07 Å². The molecule has 0 radical (unpaired) electrons. The summed E-state index contributed by atoms with van der Waals surface area (Å²) in [6.45, 7) is 1.97. The Morgan fingerprint density at radius 3 is 2.69 bits per heavy atom. The van der Waals surface area contributed by atoms with Gasteiger partial charge in [0.2, 0.25) is 0 Å². The van der Waals surface area contributed by atoms with Gasteiger partial charge >= 0.3 is 6.18 Å². The van der Waals surface area contributed by atoms with Gasteiger partial charge in [-0.05, 0) is 49.1 Å². The first-order chi connectivity index (χ1) is 16.6. The molecule has 7 nitrogen and oxygen atoms in total. The smallest absolute Gasteiger partial charge is 0.422 e. The van der Waals surface area contributed by atoms with Crippen LogP contribution in [0.2, 0.25) is 0 Å². The first-order valence-corrected chi connectivity index (χ1v) is 11.2. The molecule has 35 heavy (non-hydrogen) atoms. The molecule has 1 atom stereocenters. The predicted molar refractivity (Wildman–Crippen MR) is 123 cm³/mol. The van der Waals surface area contributed by atoms with Crippen molar-refractivity contribution in [2.45, 2.75) is 32.0 Å². The van der Waals surface area contributed by atoms with Crippen LogP contribution in [-0.2, 0) is 12.8 Å². The monoisotopic (exact) mass is 499 g/mol. The van der Waals surface area contributed by atoms with E-state index >= 15 is 0 Å². The zero-order valence-electron chi connectivity index (χ0n) is 19.3. The number of aliphatic hydroxyl groups is 1. The van der Waals surface area contributed by atoms with E-state index in [1.54, 1.807) is 6.07 Å². The lowest BCUT2D eigenvalue weighted by molar-refractivity contribution is -0.153. The van der Waals surface area contributed by atoms with Crippen molar-refractivity contribution >= 4 is 11.6 Å². The molecule has 2 aromatic rings. The third-order valence-corrected chi connectivity index (χ3v) is 5.54. The minimum atomic E-state index is -4.52. The highest BCUT2D eigenvalue weighted by atomic mass is 19.4. The van der Waals surface area contributed by atoms with E-state index in [0.717, 1.165) is 41.4 Å². The first-order valence-electron chi connectivity index (χ1n) is 11.2. The molecule has 4 N–H and O–H groups in total. The van der Waals surface area contributed by atoms with Crippen molar-refractivity contribution in [2.75, 3.05) is 44.4 Å². The minimum absolute atomic E-state index is 0.0199. The molecule has 0 bridgehead atoms. The van der Waals surface area contributed by atoms with E-state index in [9.17, 15) is 27.5 Å². The summed E-state index contributed by atoms with van der Waals surface area (Å²) in [5.41, 5.74) is 8.75. The number of anilines is 1. The summed E-state index contributed by atoms with van der Waals surface area (Å²) >= 11 is 0. The fourth-order valence-electron chi connectivity index (χ4n) is 4.11. The van der Waals surface area contributed by atoms with Gasteiger partial charge in [0.05, 0.1) is 17.9 Å². The van der Waals surface area contributed by atoms with Gasteiger partial charge in [0.1, 0.15) is 12.4 Å². The molecule has 3 rings (SSSR count). The predicted octanol–water partition coefficient (Wildman–Crippen LogP) is 2.82. The Balaban J connectivity index is 1.55. The molecule has 1 aliphatic heterocycles. The number of carbonyl (C=O) groups excluding carboxylic acids is 1. The Labute approximate surface area is 200 Å². The molecule has 1 aliphatic rings. The number of carbonyl (C=O) groups is 1. The van der Waals surface area contributed by atoms with Gasteiger partial charge in [-0.2, -0.15) is 13.2 Å².